The average Bonchev–Trinajstić information content (AvgIpc) is 3.73. The topological polar surface area (TPSA) is 3.24 Å². The Morgan fingerprint density at radius 3 is 1.71 bits per heavy atom. The van der Waals surface area contributed by atoms with Crippen molar-refractivity contribution >= 4 is 70.1 Å². The third-order valence-corrected chi connectivity index (χ3v) is 13.0. The van der Waals surface area contributed by atoms with Gasteiger partial charge in [0, 0.05) is 47.9 Å². The minimum Gasteiger partial charge on any atom is -0.310 e. The summed E-state index contributed by atoms with van der Waals surface area (Å²) < 4.78 is 2.64. The lowest BCUT2D eigenvalue weighted by atomic mass is 9.82. The number of thiophene rings is 1. The molecule has 1 heterocycles. The highest BCUT2D eigenvalue weighted by atomic mass is 32.1. The molecule has 1 aliphatic carbocycles. The summed E-state index contributed by atoms with van der Waals surface area (Å²) >= 11 is 1.92. The number of hydrogen-bond donors (Lipinski definition) is 0. The van der Waals surface area contributed by atoms with E-state index in [0.29, 0.717) is 0 Å². The molecule has 1 aliphatic rings. The molecular weight excluding hydrogens is 683 g/mol. The van der Waals surface area contributed by atoms with Gasteiger partial charge >= 0.3 is 0 Å². The van der Waals surface area contributed by atoms with E-state index in [9.17, 15) is 0 Å². The van der Waals surface area contributed by atoms with E-state index >= 15 is 0 Å². The van der Waals surface area contributed by atoms with E-state index in [1.165, 1.54) is 86.2 Å². The van der Waals surface area contributed by atoms with E-state index in [2.05, 4.69) is 207 Å². The summed E-state index contributed by atoms with van der Waals surface area (Å²) in [6, 6.07) is 69.6. The molecule has 0 fully saturated rings. The largest absolute Gasteiger partial charge is 0.310 e. The smallest absolute Gasteiger partial charge is 0.0547 e. The fourth-order valence-corrected chi connectivity index (χ4v) is 10.4. The second kappa shape index (κ2) is 12.3. The fraction of sp³-hybridized carbons (Fsp3) is 0.0566. The zero-order valence-corrected chi connectivity index (χ0v) is 31.6. The van der Waals surface area contributed by atoms with Crippen molar-refractivity contribution in [3.05, 3.63) is 199 Å². The highest BCUT2D eigenvalue weighted by Crippen LogP contribution is 2.53. The van der Waals surface area contributed by atoms with Crippen LogP contribution in [0.15, 0.2) is 188 Å². The van der Waals surface area contributed by atoms with Crippen LogP contribution in [0, 0.1) is 0 Å². The van der Waals surface area contributed by atoms with Crippen LogP contribution in [-0.4, -0.2) is 0 Å². The van der Waals surface area contributed by atoms with Crippen molar-refractivity contribution in [1.82, 2.24) is 0 Å². The van der Waals surface area contributed by atoms with Gasteiger partial charge in [-0.25, -0.2) is 0 Å². The Morgan fingerprint density at radius 2 is 0.964 bits per heavy atom. The Balaban J connectivity index is 1.22. The second-order valence-electron chi connectivity index (χ2n) is 15.3. The van der Waals surface area contributed by atoms with Gasteiger partial charge in [0.05, 0.1) is 5.69 Å². The minimum absolute atomic E-state index is 0.124. The molecule has 9 aromatic carbocycles. The van der Waals surface area contributed by atoms with Crippen molar-refractivity contribution in [2.75, 3.05) is 4.90 Å². The molecule has 1 nitrogen and oxygen atoms in total. The molecule has 2 heteroatoms. The first kappa shape index (κ1) is 32.0. The summed E-state index contributed by atoms with van der Waals surface area (Å²) in [4.78, 5) is 2.50. The maximum absolute atomic E-state index is 2.50. The van der Waals surface area contributed by atoms with Gasteiger partial charge in [-0.15, -0.1) is 11.3 Å². The molecule has 0 radical (unpaired) electrons. The Bertz CT molecular complexity index is 3100. The van der Waals surface area contributed by atoms with E-state index in [1.807, 2.05) is 11.3 Å². The number of benzene rings is 9. The third kappa shape index (κ3) is 4.92. The second-order valence-corrected chi connectivity index (χ2v) is 16.3. The standard InChI is InChI=1S/C53H37NS/c1-53(2)47-24-14-13-21-41(47)42-30-29-38(31-48(42)53)54(37-27-25-35(26-28-37)34-15-5-3-6-16-34)49-32-46-50(33-45(49)36-17-7-4-8-18-36)55-52-44-23-12-10-20-40(44)39-19-9-11-22-43(39)51(46)52/h3-33H,1-2H3. The Kier molecular flexibility index (Phi) is 7.14. The van der Waals surface area contributed by atoms with Crippen LogP contribution in [0.5, 0.6) is 0 Å². The number of rotatable bonds is 5. The zero-order chi connectivity index (χ0) is 36.7. The van der Waals surface area contributed by atoms with Gasteiger partial charge in [0.1, 0.15) is 0 Å². The molecule has 0 amide bonds. The molecule has 0 saturated carbocycles. The van der Waals surface area contributed by atoms with Crippen molar-refractivity contribution < 1.29 is 0 Å². The van der Waals surface area contributed by atoms with E-state index in [1.54, 1.807) is 0 Å². The molecule has 0 bridgehead atoms. The molecule has 0 aliphatic heterocycles. The third-order valence-electron chi connectivity index (χ3n) is 11.8. The SMILES string of the molecule is CC1(C)c2ccccc2-c2ccc(N(c3ccc(-c4ccccc4)cc3)c3cc4c(cc3-c3ccccc3)sc3c5ccccc5c5ccccc5c43)cc21. The Hall–Kier alpha value is -6.48. The first-order chi connectivity index (χ1) is 27.0. The molecule has 260 valence electrons. The summed E-state index contributed by atoms with van der Waals surface area (Å²) in [5.74, 6) is 0. The van der Waals surface area contributed by atoms with Crippen molar-refractivity contribution in [2.45, 2.75) is 19.3 Å². The van der Waals surface area contributed by atoms with Crippen molar-refractivity contribution in [1.29, 1.82) is 0 Å². The van der Waals surface area contributed by atoms with Gasteiger partial charge in [0.25, 0.3) is 0 Å². The predicted octanol–water partition coefficient (Wildman–Crippen LogP) is 15.5. The number of hydrogen-bond acceptors (Lipinski definition) is 2. The zero-order valence-electron chi connectivity index (χ0n) is 30.8. The molecule has 10 aromatic rings. The number of anilines is 3. The maximum Gasteiger partial charge on any atom is 0.0547 e. The molecule has 0 unspecified atom stereocenters. The molecule has 0 saturated heterocycles. The van der Waals surface area contributed by atoms with E-state index in [0.717, 1.165) is 17.1 Å². The van der Waals surface area contributed by atoms with Crippen molar-refractivity contribution in [3.63, 3.8) is 0 Å². The van der Waals surface area contributed by atoms with Crippen LogP contribution in [0.4, 0.5) is 17.1 Å². The Labute approximate surface area is 325 Å². The summed E-state index contributed by atoms with van der Waals surface area (Å²) in [5, 5.41) is 7.84. The molecule has 55 heavy (non-hydrogen) atoms. The number of fused-ring (bicyclic) bond motifs is 11. The van der Waals surface area contributed by atoms with Crippen LogP contribution in [0.2, 0.25) is 0 Å². The van der Waals surface area contributed by atoms with E-state index in [4.69, 9.17) is 0 Å². The van der Waals surface area contributed by atoms with Gasteiger partial charge in [-0.2, -0.15) is 0 Å². The lowest BCUT2D eigenvalue weighted by Gasteiger charge is -2.30. The van der Waals surface area contributed by atoms with Crippen LogP contribution >= 0.6 is 11.3 Å². The van der Waals surface area contributed by atoms with Crippen molar-refractivity contribution in [2.24, 2.45) is 0 Å². The average molecular weight is 720 g/mol. The summed E-state index contributed by atoms with van der Waals surface area (Å²) in [5.41, 5.74) is 13.6. The number of nitrogens with zero attached hydrogens (tertiary/aromatic N) is 1. The van der Waals surface area contributed by atoms with Gasteiger partial charge in [-0.3, -0.25) is 0 Å². The monoisotopic (exact) mass is 719 g/mol. The fourth-order valence-electron chi connectivity index (χ4n) is 9.17. The first-order valence-electron chi connectivity index (χ1n) is 19.1. The van der Waals surface area contributed by atoms with Crippen LogP contribution < -0.4 is 4.90 Å². The van der Waals surface area contributed by atoms with Gasteiger partial charge in [-0.05, 0) is 91.5 Å². The van der Waals surface area contributed by atoms with Crippen LogP contribution in [0.3, 0.4) is 0 Å². The predicted molar refractivity (Wildman–Crippen MR) is 237 cm³/mol. The highest BCUT2D eigenvalue weighted by molar-refractivity contribution is 7.27. The van der Waals surface area contributed by atoms with Gasteiger partial charge in [0.2, 0.25) is 0 Å². The molecule has 0 atom stereocenters. The Morgan fingerprint density at radius 1 is 0.400 bits per heavy atom. The van der Waals surface area contributed by atoms with Gasteiger partial charge in [-0.1, -0.05) is 166 Å². The highest BCUT2D eigenvalue weighted by Gasteiger charge is 2.36. The summed E-state index contributed by atoms with van der Waals surface area (Å²) in [7, 11) is 0. The molecule has 0 N–H and O–H groups in total. The van der Waals surface area contributed by atoms with Gasteiger partial charge < -0.3 is 4.90 Å². The maximum atomic E-state index is 2.50. The van der Waals surface area contributed by atoms with Crippen LogP contribution in [0.25, 0.3) is 75.1 Å². The van der Waals surface area contributed by atoms with Gasteiger partial charge in [0.15, 0.2) is 0 Å². The van der Waals surface area contributed by atoms with E-state index in [-0.39, 0.29) is 5.41 Å². The summed E-state index contributed by atoms with van der Waals surface area (Å²) in [6.07, 6.45) is 0. The lowest BCUT2D eigenvalue weighted by Crippen LogP contribution is -2.17. The normalized spacial score (nSPS) is 13.1. The van der Waals surface area contributed by atoms with E-state index < -0.39 is 0 Å². The van der Waals surface area contributed by atoms with Crippen molar-refractivity contribution in [3.8, 4) is 33.4 Å². The minimum atomic E-state index is -0.124. The molecular formula is C53H37NS. The quantitative estimate of drug-likeness (QED) is 0.160. The molecule has 0 spiro atoms. The first-order valence-corrected chi connectivity index (χ1v) is 19.9. The molecule has 1 aromatic heterocycles. The summed E-state index contributed by atoms with van der Waals surface area (Å²) in [6.45, 7) is 4.74. The van der Waals surface area contributed by atoms with Crippen LogP contribution in [-0.2, 0) is 5.41 Å². The lowest BCUT2D eigenvalue weighted by molar-refractivity contribution is 0.660. The molecule has 11 rings (SSSR count). The van der Waals surface area contributed by atoms with Crippen LogP contribution in [0.1, 0.15) is 25.0 Å².